The van der Waals surface area contributed by atoms with Crippen LogP contribution >= 0.6 is 0 Å². The minimum Gasteiger partial charge on any atom is -0.399 e. The Labute approximate surface area is 115 Å². The van der Waals surface area contributed by atoms with Crippen molar-refractivity contribution in [2.45, 2.75) is 26.8 Å². The van der Waals surface area contributed by atoms with E-state index < -0.39 is 4.92 Å². The van der Waals surface area contributed by atoms with Crippen molar-refractivity contribution >= 4 is 12.2 Å². The maximum atomic E-state index is 11.1. The van der Waals surface area contributed by atoms with E-state index in [0.29, 0.717) is 30.0 Å². The van der Waals surface area contributed by atoms with E-state index in [1.807, 2.05) is 0 Å². The van der Waals surface area contributed by atoms with Crippen LogP contribution in [0.5, 0.6) is 0 Å². The summed E-state index contributed by atoms with van der Waals surface area (Å²) in [6, 6.07) is 2.69. The molecule has 7 heteroatoms. The first-order chi connectivity index (χ1) is 9.51. The second-order valence-electron chi connectivity index (χ2n) is 4.89. The van der Waals surface area contributed by atoms with Crippen LogP contribution in [0.3, 0.4) is 0 Å². The summed E-state index contributed by atoms with van der Waals surface area (Å²) in [5.41, 5.74) is 0.690. The number of aldehydes is 1. The zero-order chi connectivity index (χ0) is 14.7. The van der Waals surface area contributed by atoms with Gasteiger partial charge in [0.1, 0.15) is 10.6 Å². The van der Waals surface area contributed by atoms with Gasteiger partial charge >= 0.3 is 5.88 Å². The fraction of sp³-hybridized carbons (Fsp3) is 0.385. The molecule has 0 radical (unpaired) electrons. The van der Waals surface area contributed by atoms with E-state index >= 15 is 0 Å². The van der Waals surface area contributed by atoms with Crippen LogP contribution in [-0.2, 0) is 6.54 Å². The zero-order valence-electron chi connectivity index (χ0n) is 11.3. The van der Waals surface area contributed by atoms with Crippen molar-refractivity contribution in [2.24, 2.45) is 5.92 Å². The quantitative estimate of drug-likeness (QED) is 0.460. The summed E-state index contributed by atoms with van der Waals surface area (Å²) in [6.07, 6.45) is 3.22. The Kier molecular flexibility index (Phi) is 3.97. The number of aryl methyl sites for hydroxylation is 1. The predicted octanol–water partition coefficient (Wildman–Crippen LogP) is 2.91. The summed E-state index contributed by atoms with van der Waals surface area (Å²) >= 11 is 0. The van der Waals surface area contributed by atoms with Crippen molar-refractivity contribution in [3.05, 3.63) is 34.0 Å². The maximum absolute atomic E-state index is 11.1. The second kappa shape index (κ2) is 5.68. The van der Waals surface area contributed by atoms with Crippen molar-refractivity contribution in [2.75, 3.05) is 0 Å². The highest BCUT2D eigenvalue weighted by atomic mass is 16.6. The van der Waals surface area contributed by atoms with Crippen LogP contribution in [0.1, 0.15) is 30.6 Å². The van der Waals surface area contributed by atoms with Gasteiger partial charge in [0.25, 0.3) is 0 Å². The van der Waals surface area contributed by atoms with Crippen molar-refractivity contribution in [1.82, 2.24) is 9.78 Å². The Morgan fingerprint density at radius 2 is 2.25 bits per heavy atom. The van der Waals surface area contributed by atoms with Crippen molar-refractivity contribution < 1.29 is 14.1 Å². The van der Waals surface area contributed by atoms with Crippen LogP contribution in [0.25, 0.3) is 11.5 Å². The summed E-state index contributed by atoms with van der Waals surface area (Å²) < 4.78 is 6.74. The molecule has 106 valence electrons. The SMILES string of the molecule is CC(C)CCn1cc(C=O)c(-c2ccc([N+](=O)[O-])o2)n1. The van der Waals surface area contributed by atoms with Gasteiger partial charge in [0.15, 0.2) is 12.0 Å². The van der Waals surface area contributed by atoms with Crippen molar-refractivity contribution in [3.8, 4) is 11.5 Å². The van der Waals surface area contributed by atoms with Crippen LogP contribution in [0.4, 0.5) is 5.88 Å². The lowest BCUT2D eigenvalue weighted by molar-refractivity contribution is -0.401. The molecule has 7 nitrogen and oxygen atoms in total. The molecule has 0 atom stereocenters. The molecule has 0 amide bonds. The van der Waals surface area contributed by atoms with Gasteiger partial charge in [-0.15, -0.1) is 0 Å². The van der Waals surface area contributed by atoms with E-state index in [4.69, 9.17) is 4.42 Å². The molecular formula is C13H15N3O4. The fourth-order valence-corrected chi connectivity index (χ4v) is 1.77. The van der Waals surface area contributed by atoms with Gasteiger partial charge < -0.3 is 4.42 Å². The number of furan rings is 1. The molecule has 0 aliphatic heterocycles. The first-order valence-electron chi connectivity index (χ1n) is 6.28. The van der Waals surface area contributed by atoms with Gasteiger partial charge in [-0.05, 0) is 18.4 Å². The lowest BCUT2D eigenvalue weighted by Gasteiger charge is -2.03. The second-order valence-corrected chi connectivity index (χ2v) is 4.89. The third kappa shape index (κ3) is 2.93. The number of nitrogens with zero attached hydrogens (tertiary/aromatic N) is 3. The Balaban J connectivity index is 2.29. The molecule has 0 aromatic carbocycles. The highest BCUT2D eigenvalue weighted by Gasteiger charge is 2.18. The van der Waals surface area contributed by atoms with Crippen LogP contribution in [0.15, 0.2) is 22.7 Å². The van der Waals surface area contributed by atoms with Crippen LogP contribution in [0.2, 0.25) is 0 Å². The fourth-order valence-electron chi connectivity index (χ4n) is 1.77. The summed E-state index contributed by atoms with van der Waals surface area (Å²) in [7, 11) is 0. The Morgan fingerprint density at radius 1 is 1.50 bits per heavy atom. The van der Waals surface area contributed by atoms with Gasteiger partial charge in [-0.2, -0.15) is 5.10 Å². The number of hydrogen-bond acceptors (Lipinski definition) is 5. The average molecular weight is 277 g/mol. The number of rotatable bonds is 6. The van der Waals surface area contributed by atoms with Gasteiger partial charge in [0, 0.05) is 12.7 Å². The smallest absolute Gasteiger partial charge is 0.399 e. The molecule has 2 aromatic heterocycles. The summed E-state index contributed by atoms with van der Waals surface area (Å²) in [6.45, 7) is 4.88. The number of aromatic nitrogens is 2. The minimum absolute atomic E-state index is 0.224. The molecule has 2 heterocycles. The summed E-state index contributed by atoms with van der Waals surface area (Å²) in [5, 5.41) is 14.9. The van der Waals surface area contributed by atoms with Crippen molar-refractivity contribution in [1.29, 1.82) is 0 Å². The zero-order valence-corrected chi connectivity index (χ0v) is 11.3. The van der Waals surface area contributed by atoms with Gasteiger partial charge in [0.2, 0.25) is 0 Å². The molecule has 0 spiro atoms. The number of carbonyl (C=O) groups excluding carboxylic acids is 1. The van der Waals surface area contributed by atoms with E-state index in [1.54, 1.807) is 10.9 Å². The molecule has 0 unspecified atom stereocenters. The van der Waals surface area contributed by atoms with Crippen molar-refractivity contribution in [3.63, 3.8) is 0 Å². The number of hydrogen-bond donors (Lipinski definition) is 0. The molecule has 20 heavy (non-hydrogen) atoms. The highest BCUT2D eigenvalue weighted by Crippen LogP contribution is 2.27. The Morgan fingerprint density at radius 3 is 2.80 bits per heavy atom. The van der Waals surface area contributed by atoms with Gasteiger partial charge in [0.05, 0.1) is 11.6 Å². The topological polar surface area (TPSA) is 91.2 Å². The molecule has 0 aliphatic rings. The van der Waals surface area contributed by atoms with E-state index in [1.165, 1.54) is 12.1 Å². The van der Waals surface area contributed by atoms with E-state index in [2.05, 4.69) is 18.9 Å². The Hall–Kier alpha value is -2.44. The molecule has 0 N–H and O–H groups in total. The molecule has 0 fully saturated rings. The molecule has 2 aromatic rings. The molecule has 0 saturated heterocycles. The monoisotopic (exact) mass is 277 g/mol. The standard InChI is InChI=1S/C13H15N3O4/c1-9(2)5-6-15-7-10(8-17)13(14-15)11-3-4-12(20-11)16(18)19/h3-4,7-9H,5-6H2,1-2H3. The molecule has 0 saturated carbocycles. The predicted molar refractivity (Wildman–Crippen MR) is 71.4 cm³/mol. The maximum Gasteiger partial charge on any atom is 0.433 e. The number of nitro groups is 1. The molecular weight excluding hydrogens is 262 g/mol. The average Bonchev–Trinajstić information content (AvgIpc) is 3.02. The minimum atomic E-state index is -0.625. The number of carbonyl (C=O) groups is 1. The summed E-state index contributed by atoms with van der Waals surface area (Å²) in [4.78, 5) is 21.0. The van der Waals surface area contributed by atoms with Crippen LogP contribution in [-0.4, -0.2) is 21.0 Å². The van der Waals surface area contributed by atoms with E-state index in [0.717, 1.165) is 6.42 Å². The third-order valence-electron chi connectivity index (χ3n) is 2.86. The normalized spacial score (nSPS) is 10.9. The molecule has 0 bridgehead atoms. The Bertz CT molecular complexity index is 627. The van der Waals surface area contributed by atoms with E-state index in [9.17, 15) is 14.9 Å². The molecule has 0 aliphatic carbocycles. The van der Waals surface area contributed by atoms with E-state index in [-0.39, 0.29) is 11.6 Å². The lowest BCUT2D eigenvalue weighted by atomic mass is 10.1. The summed E-state index contributed by atoms with van der Waals surface area (Å²) in [5.74, 6) is 0.378. The highest BCUT2D eigenvalue weighted by molar-refractivity contribution is 5.84. The lowest BCUT2D eigenvalue weighted by Crippen LogP contribution is -2.01. The largest absolute Gasteiger partial charge is 0.433 e. The third-order valence-corrected chi connectivity index (χ3v) is 2.86. The van der Waals surface area contributed by atoms with Gasteiger partial charge in [-0.1, -0.05) is 13.8 Å². The van der Waals surface area contributed by atoms with Crippen LogP contribution < -0.4 is 0 Å². The van der Waals surface area contributed by atoms with Gasteiger partial charge in [-0.25, -0.2) is 0 Å². The van der Waals surface area contributed by atoms with Crippen LogP contribution in [0, 0.1) is 16.0 Å². The first kappa shape index (κ1) is 14.0. The first-order valence-corrected chi connectivity index (χ1v) is 6.28. The van der Waals surface area contributed by atoms with Gasteiger partial charge in [-0.3, -0.25) is 19.6 Å². The molecule has 2 rings (SSSR count).